The van der Waals surface area contributed by atoms with Crippen LogP contribution in [0.2, 0.25) is 0 Å². The van der Waals surface area contributed by atoms with Crippen LogP contribution in [0.15, 0.2) is 6.20 Å². The van der Waals surface area contributed by atoms with Crippen LogP contribution in [0.25, 0.3) is 0 Å². The topological polar surface area (TPSA) is 44.7 Å². The molecule has 0 amide bonds. The van der Waals surface area contributed by atoms with E-state index in [4.69, 9.17) is 9.72 Å². The smallest absolute Gasteiger partial charge is 0.227 e. The van der Waals surface area contributed by atoms with Crippen LogP contribution < -0.4 is 9.80 Å². The summed E-state index contributed by atoms with van der Waals surface area (Å²) >= 11 is 0. The molecular formula is C18H31N5O. The van der Waals surface area contributed by atoms with Gasteiger partial charge >= 0.3 is 0 Å². The largest absolute Gasteiger partial charge is 0.379 e. The number of morpholine rings is 1. The van der Waals surface area contributed by atoms with Crippen molar-refractivity contribution in [3.05, 3.63) is 11.8 Å². The molecule has 6 heteroatoms. The first-order chi connectivity index (χ1) is 11.6. The van der Waals surface area contributed by atoms with Gasteiger partial charge in [-0.15, -0.1) is 0 Å². The molecule has 1 atom stereocenters. The maximum atomic E-state index is 5.48. The van der Waals surface area contributed by atoms with Gasteiger partial charge in [0.2, 0.25) is 5.95 Å². The Morgan fingerprint density at radius 2 is 1.83 bits per heavy atom. The first kappa shape index (κ1) is 17.4. The quantitative estimate of drug-likeness (QED) is 0.837. The van der Waals surface area contributed by atoms with Crippen LogP contribution in [-0.2, 0) is 4.74 Å². The zero-order chi connectivity index (χ0) is 17.1. The molecule has 0 aliphatic carbocycles. The van der Waals surface area contributed by atoms with Crippen molar-refractivity contribution in [2.24, 2.45) is 5.92 Å². The molecule has 1 aromatic heterocycles. The first-order valence-electron chi connectivity index (χ1n) is 9.14. The predicted molar refractivity (Wildman–Crippen MR) is 97.9 cm³/mol. The zero-order valence-electron chi connectivity index (χ0n) is 15.5. The molecule has 3 heterocycles. The summed E-state index contributed by atoms with van der Waals surface area (Å²) in [5, 5.41) is 0. The lowest BCUT2D eigenvalue weighted by atomic mass is 9.89. The number of aromatic nitrogens is 2. The lowest BCUT2D eigenvalue weighted by Gasteiger charge is -2.41. The van der Waals surface area contributed by atoms with Gasteiger partial charge in [0, 0.05) is 58.1 Å². The normalized spacial score (nSPS) is 21.8. The van der Waals surface area contributed by atoms with E-state index in [1.807, 2.05) is 20.3 Å². The molecule has 2 aliphatic heterocycles. The van der Waals surface area contributed by atoms with Gasteiger partial charge in [-0.1, -0.05) is 0 Å². The molecule has 0 unspecified atom stereocenters. The van der Waals surface area contributed by atoms with Crippen molar-refractivity contribution in [1.29, 1.82) is 0 Å². The van der Waals surface area contributed by atoms with E-state index in [1.54, 1.807) is 0 Å². The van der Waals surface area contributed by atoms with Gasteiger partial charge in [-0.3, -0.25) is 4.90 Å². The number of nitrogens with zero attached hydrogens (tertiary/aromatic N) is 5. The monoisotopic (exact) mass is 333 g/mol. The minimum absolute atomic E-state index is 0.646. The summed E-state index contributed by atoms with van der Waals surface area (Å²) in [5.74, 6) is 2.66. The van der Waals surface area contributed by atoms with E-state index < -0.39 is 0 Å². The molecule has 0 radical (unpaired) electrons. The van der Waals surface area contributed by atoms with Crippen molar-refractivity contribution in [3.8, 4) is 0 Å². The van der Waals surface area contributed by atoms with Crippen molar-refractivity contribution in [2.75, 3.05) is 63.3 Å². The molecule has 2 aliphatic rings. The third kappa shape index (κ3) is 3.81. The highest BCUT2D eigenvalue weighted by Gasteiger charge is 2.29. The van der Waals surface area contributed by atoms with Crippen molar-refractivity contribution in [1.82, 2.24) is 14.9 Å². The van der Waals surface area contributed by atoms with Crippen LogP contribution in [0.5, 0.6) is 0 Å². The van der Waals surface area contributed by atoms with E-state index in [1.165, 1.54) is 12.8 Å². The molecule has 0 bridgehead atoms. The molecule has 0 N–H and O–H groups in total. The highest BCUT2D eigenvalue weighted by Crippen LogP contribution is 2.27. The fourth-order valence-electron chi connectivity index (χ4n) is 3.89. The molecular weight excluding hydrogens is 302 g/mol. The molecule has 1 aromatic rings. The third-order valence-electron chi connectivity index (χ3n) is 5.48. The van der Waals surface area contributed by atoms with Crippen molar-refractivity contribution >= 4 is 11.8 Å². The number of aryl methyl sites for hydroxylation is 1. The summed E-state index contributed by atoms with van der Waals surface area (Å²) in [5.41, 5.74) is 1.12. The van der Waals surface area contributed by atoms with Gasteiger partial charge in [0.15, 0.2) is 0 Å². The highest BCUT2D eigenvalue weighted by atomic mass is 16.5. The number of anilines is 2. The zero-order valence-corrected chi connectivity index (χ0v) is 15.5. The van der Waals surface area contributed by atoms with Crippen LogP contribution in [-0.4, -0.2) is 74.4 Å². The summed E-state index contributed by atoms with van der Waals surface area (Å²) in [4.78, 5) is 16.3. The van der Waals surface area contributed by atoms with Crippen LogP contribution in [0, 0.1) is 12.8 Å². The Morgan fingerprint density at radius 3 is 2.46 bits per heavy atom. The highest BCUT2D eigenvalue weighted by molar-refractivity contribution is 5.48. The summed E-state index contributed by atoms with van der Waals surface area (Å²) < 4.78 is 5.48. The average molecular weight is 333 g/mol. The Kier molecular flexibility index (Phi) is 5.56. The fraction of sp³-hybridized carbons (Fsp3) is 0.778. The van der Waals surface area contributed by atoms with E-state index in [2.05, 4.69) is 33.5 Å². The Bertz CT molecular complexity index is 536. The van der Waals surface area contributed by atoms with E-state index in [-0.39, 0.29) is 0 Å². The summed E-state index contributed by atoms with van der Waals surface area (Å²) in [6.07, 6.45) is 4.38. The number of ether oxygens (including phenoxy) is 1. The van der Waals surface area contributed by atoms with Gasteiger partial charge < -0.3 is 14.5 Å². The van der Waals surface area contributed by atoms with Crippen LogP contribution in [0.3, 0.4) is 0 Å². The Labute approximate surface area is 145 Å². The van der Waals surface area contributed by atoms with Crippen LogP contribution in [0.4, 0.5) is 11.8 Å². The standard InChI is InChI=1S/C18H31N5O/c1-14-13-19-18(20-17(14)21(3)4)23-7-5-16(6-8-23)15(2)22-9-11-24-12-10-22/h13,15-16H,5-12H2,1-4H3/t15-/m1/s1. The second-order valence-corrected chi connectivity index (χ2v) is 7.28. The van der Waals surface area contributed by atoms with Gasteiger partial charge in [0.25, 0.3) is 0 Å². The second kappa shape index (κ2) is 7.66. The Balaban J connectivity index is 1.59. The Morgan fingerprint density at radius 1 is 1.17 bits per heavy atom. The van der Waals surface area contributed by atoms with Gasteiger partial charge in [-0.2, -0.15) is 4.98 Å². The Hall–Kier alpha value is -1.40. The number of hydrogen-bond donors (Lipinski definition) is 0. The number of hydrogen-bond acceptors (Lipinski definition) is 6. The van der Waals surface area contributed by atoms with Gasteiger partial charge in [-0.25, -0.2) is 4.98 Å². The maximum Gasteiger partial charge on any atom is 0.227 e. The number of piperidine rings is 1. The van der Waals surface area contributed by atoms with Crippen LogP contribution >= 0.6 is 0 Å². The lowest BCUT2D eigenvalue weighted by molar-refractivity contribution is 0.00446. The minimum Gasteiger partial charge on any atom is -0.379 e. The third-order valence-corrected chi connectivity index (χ3v) is 5.48. The SMILES string of the molecule is Cc1cnc(N2CCC([C@@H](C)N3CCOCC3)CC2)nc1N(C)C. The minimum atomic E-state index is 0.646. The molecule has 134 valence electrons. The predicted octanol–water partition coefficient (Wildman–Crippen LogP) is 1.79. The molecule has 0 spiro atoms. The average Bonchev–Trinajstić information content (AvgIpc) is 2.62. The summed E-state index contributed by atoms with van der Waals surface area (Å²) in [6.45, 7) is 10.5. The van der Waals surface area contributed by atoms with Gasteiger partial charge in [-0.05, 0) is 32.6 Å². The van der Waals surface area contributed by atoms with Gasteiger partial charge in [0.1, 0.15) is 5.82 Å². The molecule has 2 saturated heterocycles. The van der Waals surface area contributed by atoms with Crippen molar-refractivity contribution in [3.63, 3.8) is 0 Å². The summed E-state index contributed by atoms with van der Waals surface area (Å²) in [6, 6.07) is 0.646. The lowest BCUT2D eigenvalue weighted by Crippen LogP contribution is -2.48. The van der Waals surface area contributed by atoms with Crippen molar-refractivity contribution < 1.29 is 4.74 Å². The number of rotatable bonds is 4. The first-order valence-corrected chi connectivity index (χ1v) is 9.14. The van der Waals surface area contributed by atoms with E-state index >= 15 is 0 Å². The van der Waals surface area contributed by atoms with Crippen molar-refractivity contribution in [2.45, 2.75) is 32.7 Å². The molecule has 3 rings (SSSR count). The summed E-state index contributed by atoms with van der Waals surface area (Å²) in [7, 11) is 4.07. The van der Waals surface area contributed by atoms with E-state index in [0.29, 0.717) is 6.04 Å². The molecule has 6 nitrogen and oxygen atoms in total. The van der Waals surface area contributed by atoms with Crippen LogP contribution in [0.1, 0.15) is 25.3 Å². The molecule has 0 aromatic carbocycles. The van der Waals surface area contributed by atoms with Gasteiger partial charge in [0.05, 0.1) is 13.2 Å². The maximum absolute atomic E-state index is 5.48. The second-order valence-electron chi connectivity index (χ2n) is 7.28. The molecule has 2 fully saturated rings. The molecule has 24 heavy (non-hydrogen) atoms. The van der Waals surface area contributed by atoms with E-state index in [0.717, 1.165) is 62.6 Å². The fourth-order valence-corrected chi connectivity index (χ4v) is 3.89. The van der Waals surface area contributed by atoms with E-state index in [9.17, 15) is 0 Å². The molecule has 0 saturated carbocycles.